The number of nitrogens with zero attached hydrogens (tertiary/aromatic N) is 1. The first-order chi connectivity index (χ1) is 9.88. The summed E-state index contributed by atoms with van der Waals surface area (Å²) in [7, 11) is 0. The lowest BCUT2D eigenvalue weighted by Gasteiger charge is -2.45. The van der Waals surface area contributed by atoms with Crippen molar-refractivity contribution in [3.8, 4) is 0 Å². The first-order valence-electron chi connectivity index (χ1n) is 8.22. The van der Waals surface area contributed by atoms with Gasteiger partial charge in [0, 0.05) is 31.7 Å². The molecule has 0 radical (unpaired) electrons. The molecule has 0 spiro atoms. The number of morpholine rings is 1. The van der Waals surface area contributed by atoms with Gasteiger partial charge in [-0.3, -0.25) is 9.69 Å². The van der Waals surface area contributed by atoms with E-state index in [1.165, 1.54) is 6.42 Å². The molecule has 5 nitrogen and oxygen atoms in total. The van der Waals surface area contributed by atoms with Crippen LogP contribution in [0.1, 0.15) is 34.1 Å². The molecular formula is C16H33Cl2N3O2. The van der Waals surface area contributed by atoms with Gasteiger partial charge in [0.15, 0.2) is 0 Å². The zero-order chi connectivity index (χ0) is 15.5. The number of piperidine rings is 1. The number of likely N-dealkylation sites (tertiary alicyclic amines) is 1. The Kier molecular flexibility index (Phi) is 10.0. The molecule has 2 aliphatic heterocycles. The lowest BCUT2D eigenvalue weighted by atomic mass is 9.88. The van der Waals surface area contributed by atoms with Crippen molar-refractivity contribution in [2.45, 2.75) is 45.7 Å². The minimum absolute atomic E-state index is 0. The zero-order valence-corrected chi connectivity index (χ0v) is 16.4. The van der Waals surface area contributed by atoms with Crippen molar-refractivity contribution in [3.63, 3.8) is 0 Å². The van der Waals surface area contributed by atoms with Crippen molar-refractivity contribution in [2.75, 3.05) is 39.4 Å². The van der Waals surface area contributed by atoms with Crippen LogP contribution in [0.3, 0.4) is 0 Å². The molecule has 2 fully saturated rings. The predicted molar refractivity (Wildman–Crippen MR) is 98.7 cm³/mol. The highest BCUT2D eigenvalue weighted by Gasteiger charge is 2.33. The maximum absolute atomic E-state index is 12.2. The van der Waals surface area contributed by atoms with Crippen LogP contribution in [-0.4, -0.2) is 61.8 Å². The Morgan fingerprint density at radius 3 is 2.39 bits per heavy atom. The van der Waals surface area contributed by atoms with Crippen LogP contribution >= 0.6 is 24.8 Å². The Morgan fingerprint density at radius 1 is 1.26 bits per heavy atom. The Hall–Kier alpha value is -0.0700. The second-order valence-corrected chi connectivity index (χ2v) is 7.46. The van der Waals surface area contributed by atoms with Crippen LogP contribution in [0, 0.1) is 11.8 Å². The van der Waals surface area contributed by atoms with Gasteiger partial charge in [0.2, 0.25) is 5.91 Å². The fourth-order valence-electron chi connectivity index (χ4n) is 3.43. The van der Waals surface area contributed by atoms with Gasteiger partial charge in [-0.1, -0.05) is 13.8 Å². The molecule has 2 rings (SSSR count). The van der Waals surface area contributed by atoms with Gasteiger partial charge in [-0.15, -0.1) is 24.8 Å². The minimum atomic E-state index is -0.200. The predicted octanol–water partition coefficient (Wildman–Crippen LogP) is 1.69. The van der Waals surface area contributed by atoms with Crippen molar-refractivity contribution < 1.29 is 9.53 Å². The molecule has 1 amide bonds. The number of nitrogens with one attached hydrogen (secondary N) is 2. The van der Waals surface area contributed by atoms with Gasteiger partial charge in [-0.25, -0.2) is 0 Å². The van der Waals surface area contributed by atoms with E-state index in [9.17, 15) is 4.79 Å². The first kappa shape index (κ1) is 22.9. The Bertz CT molecular complexity index is 353. The van der Waals surface area contributed by atoms with Gasteiger partial charge in [-0.05, 0) is 32.1 Å². The first-order valence-corrected chi connectivity index (χ1v) is 8.22. The third-order valence-electron chi connectivity index (χ3n) is 4.66. The molecule has 23 heavy (non-hydrogen) atoms. The lowest BCUT2D eigenvalue weighted by molar-refractivity contribution is -0.126. The van der Waals surface area contributed by atoms with Crippen LogP contribution in [-0.2, 0) is 9.53 Å². The van der Waals surface area contributed by atoms with E-state index in [1.54, 1.807) is 0 Å². The van der Waals surface area contributed by atoms with Crippen molar-refractivity contribution in [1.29, 1.82) is 0 Å². The number of halogens is 2. The SMILES string of the molecule is CC1CC(C)CN(C(C)(C)CNC(=O)C2COCCN2)C1.Cl.Cl. The van der Waals surface area contributed by atoms with E-state index in [4.69, 9.17) is 4.74 Å². The Labute approximate surface area is 153 Å². The normalized spacial score (nSPS) is 29.1. The summed E-state index contributed by atoms with van der Waals surface area (Å²) in [5.41, 5.74) is -0.00583. The van der Waals surface area contributed by atoms with Gasteiger partial charge in [0.1, 0.15) is 6.04 Å². The minimum Gasteiger partial charge on any atom is -0.378 e. The zero-order valence-electron chi connectivity index (χ0n) is 14.8. The third kappa shape index (κ3) is 6.75. The summed E-state index contributed by atoms with van der Waals surface area (Å²) >= 11 is 0. The summed E-state index contributed by atoms with van der Waals surface area (Å²) in [6.07, 6.45) is 1.31. The van der Waals surface area contributed by atoms with E-state index in [2.05, 4.69) is 43.2 Å². The second-order valence-electron chi connectivity index (χ2n) is 7.46. The molecule has 3 unspecified atom stereocenters. The average molecular weight is 370 g/mol. The number of carbonyl (C=O) groups is 1. The molecule has 0 aliphatic carbocycles. The number of rotatable bonds is 4. The van der Waals surface area contributed by atoms with Crippen LogP contribution in [0.25, 0.3) is 0 Å². The third-order valence-corrected chi connectivity index (χ3v) is 4.66. The summed E-state index contributed by atoms with van der Waals surface area (Å²) in [5, 5.41) is 6.29. The van der Waals surface area contributed by atoms with Crippen molar-refractivity contribution >= 4 is 30.7 Å². The number of hydrogen-bond donors (Lipinski definition) is 2. The Morgan fingerprint density at radius 2 is 1.87 bits per heavy atom. The highest BCUT2D eigenvalue weighted by atomic mass is 35.5. The molecule has 0 aromatic heterocycles. The Balaban J connectivity index is 0.00000242. The number of ether oxygens (including phenoxy) is 1. The number of hydrogen-bond acceptors (Lipinski definition) is 4. The van der Waals surface area contributed by atoms with Crippen molar-refractivity contribution in [2.24, 2.45) is 11.8 Å². The molecule has 3 atom stereocenters. The maximum Gasteiger partial charge on any atom is 0.239 e. The van der Waals surface area contributed by atoms with Crippen molar-refractivity contribution in [3.05, 3.63) is 0 Å². The fourth-order valence-corrected chi connectivity index (χ4v) is 3.43. The fraction of sp³-hybridized carbons (Fsp3) is 0.938. The molecule has 0 bridgehead atoms. The topological polar surface area (TPSA) is 53.6 Å². The van der Waals surface area contributed by atoms with E-state index >= 15 is 0 Å². The van der Waals surface area contributed by atoms with Gasteiger partial charge in [-0.2, -0.15) is 0 Å². The second kappa shape index (κ2) is 10.0. The summed E-state index contributed by atoms with van der Waals surface area (Å²) in [6.45, 7) is 13.9. The van der Waals surface area contributed by atoms with E-state index in [1.807, 2.05) is 0 Å². The number of carbonyl (C=O) groups excluding carboxylic acids is 1. The van der Waals surface area contributed by atoms with Crippen LogP contribution in [0.2, 0.25) is 0 Å². The summed E-state index contributed by atoms with van der Waals surface area (Å²) in [4.78, 5) is 14.7. The molecule has 2 saturated heterocycles. The average Bonchev–Trinajstić information content (AvgIpc) is 2.45. The largest absolute Gasteiger partial charge is 0.378 e. The van der Waals surface area contributed by atoms with Crippen LogP contribution < -0.4 is 10.6 Å². The quantitative estimate of drug-likeness (QED) is 0.791. The van der Waals surface area contributed by atoms with Crippen LogP contribution in [0.5, 0.6) is 0 Å². The van der Waals surface area contributed by atoms with Crippen LogP contribution in [0.15, 0.2) is 0 Å². The van der Waals surface area contributed by atoms with E-state index in [-0.39, 0.29) is 42.3 Å². The molecule has 7 heteroatoms. The molecule has 0 aromatic rings. The van der Waals surface area contributed by atoms with Gasteiger partial charge >= 0.3 is 0 Å². The molecule has 0 aromatic carbocycles. The number of amides is 1. The van der Waals surface area contributed by atoms with E-state index in [0.717, 1.165) is 31.5 Å². The monoisotopic (exact) mass is 369 g/mol. The molecule has 0 saturated carbocycles. The molecule has 2 heterocycles. The highest BCUT2D eigenvalue weighted by Crippen LogP contribution is 2.26. The standard InChI is InChI=1S/C16H31N3O2.2ClH/c1-12-7-13(2)9-19(8-12)16(3,4)11-18-15(20)14-10-21-6-5-17-14;;/h12-14,17H,5-11H2,1-4H3,(H,18,20);2*1H. The molecular weight excluding hydrogens is 337 g/mol. The van der Waals surface area contributed by atoms with Gasteiger partial charge in [0.25, 0.3) is 0 Å². The van der Waals surface area contributed by atoms with E-state index in [0.29, 0.717) is 19.8 Å². The summed E-state index contributed by atoms with van der Waals surface area (Å²) in [6, 6.07) is -0.200. The van der Waals surface area contributed by atoms with Gasteiger partial charge < -0.3 is 15.4 Å². The van der Waals surface area contributed by atoms with E-state index < -0.39 is 0 Å². The summed E-state index contributed by atoms with van der Waals surface area (Å²) < 4.78 is 5.35. The van der Waals surface area contributed by atoms with Crippen LogP contribution in [0.4, 0.5) is 0 Å². The lowest BCUT2D eigenvalue weighted by Crippen LogP contribution is -2.58. The smallest absolute Gasteiger partial charge is 0.239 e. The van der Waals surface area contributed by atoms with Crippen molar-refractivity contribution in [1.82, 2.24) is 15.5 Å². The van der Waals surface area contributed by atoms with Gasteiger partial charge in [0.05, 0.1) is 13.2 Å². The summed E-state index contributed by atoms with van der Waals surface area (Å²) in [5.74, 6) is 1.52. The molecule has 2 N–H and O–H groups in total. The molecule has 138 valence electrons. The maximum atomic E-state index is 12.2. The molecule has 2 aliphatic rings. The highest BCUT2D eigenvalue weighted by molar-refractivity contribution is 5.85.